The first-order valence-electron chi connectivity index (χ1n) is 27.7. The van der Waals surface area contributed by atoms with Crippen molar-refractivity contribution in [2.75, 3.05) is 0 Å². The maximum atomic E-state index is 11.8. The van der Waals surface area contributed by atoms with Gasteiger partial charge < -0.3 is 19.4 Å². The fourth-order valence-corrected chi connectivity index (χ4v) is 8.97. The Morgan fingerprint density at radius 3 is 1.03 bits per heavy atom. The molecule has 3 rings (SSSR count). The summed E-state index contributed by atoms with van der Waals surface area (Å²) in [5.41, 5.74) is 21.6. The zero-order valence-corrected chi connectivity index (χ0v) is 44.4. The van der Waals surface area contributed by atoms with Gasteiger partial charge in [-0.1, -0.05) is 246 Å². The molecule has 1 heterocycles. The van der Waals surface area contributed by atoms with Crippen molar-refractivity contribution in [2.24, 2.45) is 0 Å². The molecule has 0 fully saturated rings. The Kier molecular flexibility index (Phi) is 43.4. The van der Waals surface area contributed by atoms with Crippen LogP contribution in [0.4, 0.5) is 0 Å². The summed E-state index contributed by atoms with van der Waals surface area (Å²) >= 11 is 0. The molecule has 2 nitrogen and oxygen atoms in total. The van der Waals surface area contributed by atoms with Gasteiger partial charge in [-0.3, -0.25) is 0 Å². The molecule has 0 saturated heterocycles. The SMILES string of the molecule is CCCCCCC1=C(c2cccc(CCC)c2)[N+](=[N-])C(c2cccc(CCCC)c2)=C1CCCC.[CH2-]CCCCCCCCCCCCC.[CH2-]CCCCCCCCCCCCC.[Ni+2]. The van der Waals surface area contributed by atoms with Gasteiger partial charge in [0.2, 0.25) is 11.4 Å². The minimum Gasteiger partial charge on any atom is -0.493 e. The predicted molar refractivity (Wildman–Crippen MR) is 284 cm³/mol. The van der Waals surface area contributed by atoms with Gasteiger partial charge in [0.25, 0.3) is 0 Å². The fraction of sp³-hybridized carbons (Fsp3) is 0.705. The quantitative estimate of drug-likeness (QED) is 0.0279. The summed E-state index contributed by atoms with van der Waals surface area (Å²) in [6.07, 6.45) is 48.7. The van der Waals surface area contributed by atoms with E-state index in [2.05, 4.69) is 104 Å². The summed E-state index contributed by atoms with van der Waals surface area (Å²) in [7, 11) is 0. The van der Waals surface area contributed by atoms with Crippen LogP contribution in [0.2, 0.25) is 0 Å². The number of nitrogens with zero attached hydrogens (tertiary/aromatic N) is 2. The fourth-order valence-electron chi connectivity index (χ4n) is 8.97. The Hall–Kier alpha value is -1.99. The van der Waals surface area contributed by atoms with Crippen molar-refractivity contribution in [3.8, 4) is 0 Å². The van der Waals surface area contributed by atoms with Gasteiger partial charge in [0.1, 0.15) is 0 Å². The van der Waals surface area contributed by atoms with E-state index in [9.17, 15) is 5.53 Å². The van der Waals surface area contributed by atoms with Crippen molar-refractivity contribution >= 4 is 11.4 Å². The Bertz CT molecular complexity index is 1390. The zero-order chi connectivity index (χ0) is 46.0. The van der Waals surface area contributed by atoms with E-state index in [4.69, 9.17) is 0 Å². The summed E-state index contributed by atoms with van der Waals surface area (Å²) in [6, 6.07) is 17.7. The van der Waals surface area contributed by atoms with Gasteiger partial charge in [0.05, 0.1) is 0 Å². The summed E-state index contributed by atoms with van der Waals surface area (Å²) in [6.45, 7) is 21.3. The molecular formula is C61H104N2Ni. The first kappa shape index (κ1) is 62.0. The summed E-state index contributed by atoms with van der Waals surface area (Å²) in [5, 5.41) is 0. The molecule has 0 atom stereocenters. The molecule has 0 saturated carbocycles. The standard InChI is InChI=1S/C33H46N2.2C14H29.Ni/c1-5-9-12-13-23-31-30(22-11-7-3)32(29-21-15-19-27(25-29)17-10-6-2)35(34)33(31)28-20-14-18-26(24-28)16-8-4;2*1-3-5-7-9-11-13-14-12-10-8-6-4-2;/h14-15,18-21,24-25H,5-13,16-17,22-23H2,1-4H3;2*1,3-14H2,2H3;/q;2*-1;+2. The van der Waals surface area contributed by atoms with Crippen molar-refractivity contribution in [1.29, 1.82) is 0 Å². The number of aryl methyl sites for hydroxylation is 2. The third-order valence-corrected chi connectivity index (χ3v) is 12.9. The van der Waals surface area contributed by atoms with Crippen molar-refractivity contribution in [2.45, 2.75) is 279 Å². The normalized spacial score (nSPS) is 12.3. The second kappa shape index (κ2) is 44.8. The predicted octanol–water partition coefficient (Wildman–Crippen LogP) is 21.4. The third-order valence-electron chi connectivity index (χ3n) is 12.9. The van der Waals surface area contributed by atoms with Gasteiger partial charge in [0.15, 0.2) is 0 Å². The number of rotatable bonds is 37. The molecule has 368 valence electrons. The van der Waals surface area contributed by atoms with Crippen LogP contribution in [0.25, 0.3) is 16.9 Å². The Morgan fingerprint density at radius 1 is 0.359 bits per heavy atom. The molecule has 0 N–H and O–H groups in total. The monoisotopic (exact) mass is 923 g/mol. The van der Waals surface area contributed by atoms with Crippen LogP contribution in [0, 0.1) is 13.8 Å². The third kappa shape index (κ3) is 28.9. The van der Waals surface area contributed by atoms with Crippen LogP contribution in [0.5, 0.6) is 0 Å². The molecule has 1 aliphatic heterocycles. The van der Waals surface area contributed by atoms with E-state index in [1.54, 1.807) is 4.70 Å². The van der Waals surface area contributed by atoms with Crippen LogP contribution < -0.4 is 0 Å². The molecule has 2 aromatic carbocycles. The molecule has 64 heavy (non-hydrogen) atoms. The molecule has 1 aliphatic rings. The second-order valence-corrected chi connectivity index (χ2v) is 18.9. The van der Waals surface area contributed by atoms with Crippen LogP contribution in [0.3, 0.4) is 0 Å². The van der Waals surface area contributed by atoms with Gasteiger partial charge in [-0.25, -0.2) is 4.70 Å². The molecule has 0 radical (unpaired) electrons. The average Bonchev–Trinajstić information content (AvgIpc) is 3.58. The smallest absolute Gasteiger partial charge is 0.493 e. The van der Waals surface area contributed by atoms with Crippen molar-refractivity contribution < 1.29 is 21.2 Å². The number of hydrogen-bond donors (Lipinski definition) is 0. The molecule has 0 aliphatic carbocycles. The largest absolute Gasteiger partial charge is 2.00 e. The average molecular weight is 924 g/mol. The van der Waals surface area contributed by atoms with Gasteiger partial charge in [0, 0.05) is 22.3 Å². The first-order valence-corrected chi connectivity index (χ1v) is 27.7. The maximum absolute atomic E-state index is 11.8. The maximum Gasteiger partial charge on any atom is 2.00 e. The summed E-state index contributed by atoms with van der Waals surface area (Å²) in [5.74, 6) is 0. The van der Waals surface area contributed by atoms with E-state index in [0.717, 1.165) is 80.3 Å². The van der Waals surface area contributed by atoms with Gasteiger partial charge in [-0.2, -0.15) is 12.8 Å². The molecule has 0 aromatic heterocycles. The van der Waals surface area contributed by atoms with Gasteiger partial charge in [-0.15, -0.1) is 0 Å². The van der Waals surface area contributed by atoms with Crippen LogP contribution in [-0.4, -0.2) is 4.70 Å². The minimum absolute atomic E-state index is 0. The van der Waals surface area contributed by atoms with Crippen LogP contribution in [0.1, 0.15) is 289 Å². The molecule has 3 heteroatoms. The van der Waals surface area contributed by atoms with Crippen LogP contribution in [-0.2, 0) is 29.3 Å². The second-order valence-electron chi connectivity index (χ2n) is 18.9. The van der Waals surface area contributed by atoms with Crippen LogP contribution in [0.15, 0.2) is 59.7 Å². The van der Waals surface area contributed by atoms with E-state index >= 15 is 0 Å². The first-order chi connectivity index (χ1) is 31.0. The molecular weight excluding hydrogens is 819 g/mol. The van der Waals surface area contributed by atoms with Gasteiger partial charge in [-0.05, 0) is 80.3 Å². The molecule has 2 aromatic rings. The topological polar surface area (TPSA) is 25.3 Å². The van der Waals surface area contributed by atoms with Crippen LogP contribution >= 0.6 is 0 Å². The van der Waals surface area contributed by atoms with Gasteiger partial charge >= 0.3 is 16.5 Å². The summed E-state index contributed by atoms with van der Waals surface area (Å²) in [4.78, 5) is 0. The Morgan fingerprint density at radius 2 is 0.672 bits per heavy atom. The molecule has 0 amide bonds. The van der Waals surface area contributed by atoms with Crippen molar-refractivity contribution in [3.63, 3.8) is 0 Å². The molecule has 0 bridgehead atoms. The van der Waals surface area contributed by atoms with E-state index in [-0.39, 0.29) is 16.5 Å². The number of benzene rings is 2. The molecule has 0 unspecified atom stereocenters. The Balaban J connectivity index is 0.00000113. The zero-order valence-electron chi connectivity index (χ0n) is 43.4. The van der Waals surface area contributed by atoms with E-state index < -0.39 is 0 Å². The van der Waals surface area contributed by atoms with Crippen molar-refractivity contribution in [3.05, 3.63) is 101 Å². The molecule has 0 spiro atoms. The summed E-state index contributed by atoms with van der Waals surface area (Å²) < 4.78 is 1.55. The number of hydrogen-bond acceptors (Lipinski definition) is 0. The van der Waals surface area contributed by atoms with Crippen molar-refractivity contribution in [1.82, 2.24) is 0 Å². The van der Waals surface area contributed by atoms with E-state index in [1.165, 1.54) is 202 Å². The minimum atomic E-state index is 0. The number of allylic oxidation sites excluding steroid dienone is 2. The van der Waals surface area contributed by atoms with E-state index in [0.29, 0.717) is 0 Å². The van der Waals surface area contributed by atoms with E-state index in [1.807, 2.05) is 0 Å². The Labute approximate surface area is 410 Å². The number of unbranched alkanes of at least 4 members (excludes halogenated alkanes) is 27.